The molecule has 0 saturated carbocycles. The summed E-state index contributed by atoms with van der Waals surface area (Å²) in [6, 6.07) is 4.25. The summed E-state index contributed by atoms with van der Waals surface area (Å²) in [4.78, 5) is 12.2. The van der Waals surface area contributed by atoms with Crippen LogP contribution in [0.2, 0.25) is 0 Å². The lowest BCUT2D eigenvalue weighted by atomic mass is 10.0. The molecule has 1 aromatic carbocycles. The van der Waals surface area contributed by atoms with E-state index in [1.54, 1.807) is 0 Å². The van der Waals surface area contributed by atoms with E-state index < -0.39 is 0 Å². The van der Waals surface area contributed by atoms with Crippen LogP contribution in [0, 0.1) is 20.8 Å². The van der Waals surface area contributed by atoms with E-state index in [1.165, 1.54) is 56.9 Å². The molecule has 0 aliphatic carbocycles. The first-order chi connectivity index (χ1) is 14.0. The Morgan fingerprint density at radius 3 is 1.97 bits per heavy atom. The molecule has 29 heavy (non-hydrogen) atoms. The van der Waals surface area contributed by atoms with Gasteiger partial charge in [-0.15, -0.1) is 0 Å². The van der Waals surface area contributed by atoms with Crippen molar-refractivity contribution in [2.45, 2.75) is 105 Å². The minimum atomic E-state index is 0.144. The first-order valence-electron chi connectivity index (χ1n) is 11.7. The number of hydrogen-bond donors (Lipinski definition) is 1. The minimum Gasteiger partial charge on any atom is -0.326 e. The molecule has 1 rings (SSSR count). The summed E-state index contributed by atoms with van der Waals surface area (Å²) >= 11 is 0. The van der Waals surface area contributed by atoms with Crippen molar-refractivity contribution in [3.05, 3.63) is 53.1 Å². The molecule has 0 heterocycles. The third-order valence-electron chi connectivity index (χ3n) is 5.30. The summed E-state index contributed by atoms with van der Waals surface area (Å²) in [6.45, 7) is 8.47. The molecule has 0 fully saturated rings. The number of carbonyl (C=O) groups is 1. The minimum absolute atomic E-state index is 0.144. The third kappa shape index (κ3) is 12.4. The molecular weight excluding hydrogens is 354 g/mol. The van der Waals surface area contributed by atoms with E-state index >= 15 is 0 Å². The topological polar surface area (TPSA) is 29.1 Å². The van der Waals surface area contributed by atoms with E-state index in [0.717, 1.165) is 36.1 Å². The van der Waals surface area contributed by atoms with Crippen LogP contribution in [0.25, 0.3) is 0 Å². The maximum atomic E-state index is 12.2. The van der Waals surface area contributed by atoms with Gasteiger partial charge in [-0.2, -0.15) is 0 Å². The van der Waals surface area contributed by atoms with E-state index in [2.05, 4.69) is 69.4 Å². The Morgan fingerprint density at radius 2 is 1.34 bits per heavy atom. The van der Waals surface area contributed by atoms with Gasteiger partial charge in [-0.1, -0.05) is 81.0 Å². The monoisotopic (exact) mass is 397 g/mol. The number of aryl methyl sites for hydroxylation is 3. The van der Waals surface area contributed by atoms with E-state index in [9.17, 15) is 4.79 Å². The smallest absolute Gasteiger partial charge is 0.224 e. The van der Waals surface area contributed by atoms with Gasteiger partial charge in [0, 0.05) is 12.1 Å². The fraction of sp³-hybridized carbons (Fsp3) is 0.593. The van der Waals surface area contributed by atoms with E-state index in [0.29, 0.717) is 6.42 Å². The lowest BCUT2D eigenvalue weighted by molar-refractivity contribution is -0.116. The number of anilines is 1. The van der Waals surface area contributed by atoms with E-state index in [-0.39, 0.29) is 5.91 Å². The van der Waals surface area contributed by atoms with Crippen LogP contribution < -0.4 is 5.32 Å². The van der Waals surface area contributed by atoms with Crippen LogP contribution in [-0.4, -0.2) is 5.91 Å². The van der Waals surface area contributed by atoms with Gasteiger partial charge in [0.2, 0.25) is 5.91 Å². The predicted octanol–water partition coefficient (Wildman–Crippen LogP) is 8.36. The van der Waals surface area contributed by atoms with E-state index in [4.69, 9.17) is 0 Å². The van der Waals surface area contributed by atoms with Gasteiger partial charge in [-0.05, 0) is 70.4 Å². The number of amides is 1. The maximum Gasteiger partial charge on any atom is 0.224 e. The molecule has 0 atom stereocenters. The number of nitrogens with one attached hydrogen (secondary N) is 1. The second-order valence-electron chi connectivity index (χ2n) is 8.30. The number of hydrogen-bond acceptors (Lipinski definition) is 1. The fourth-order valence-corrected chi connectivity index (χ4v) is 3.68. The highest BCUT2D eigenvalue weighted by atomic mass is 16.1. The van der Waals surface area contributed by atoms with Crippen molar-refractivity contribution in [2.24, 2.45) is 0 Å². The average Bonchev–Trinajstić information content (AvgIpc) is 2.67. The number of carbonyl (C=O) groups excluding carboxylic acids is 1. The highest BCUT2D eigenvalue weighted by Crippen LogP contribution is 2.22. The summed E-state index contributed by atoms with van der Waals surface area (Å²) in [5.41, 5.74) is 4.53. The molecule has 2 nitrogen and oxygen atoms in total. The average molecular weight is 398 g/mol. The van der Waals surface area contributed by atoms with Crippen molar-refractivity contribution in [1.29, 1.82) is 0 Å². The second-order valence-corrected chi connectivity index (χ2v) is 8.30. The molecule has 0 spiro atoms. The molecule has 1 amide bonds. The van der Waals surface area contributed by atoms with Crippen molar-refractivity contribution in [3.63, 3.8) is 0 Å². The Bertz CT molecular complexity index is 619. The van der Waals surface area contributed by atoms with Crippen LogP contribution in [0.4, 0.5) is 5.69 Å². The first kappa shape index (κ1) is 25.2. The van der Waals surface area contributed by atoms with Crippen LogP contribution in [0.1, 0.15) is 101 Å². The largest absolute Gasteiger partial charge is 0.326 e. The van der Waals surface area contributed by atoms with Gasteiger partial charge in [0.15, 0.2) is 0 Å². The molecule has 0 unspecified atom stereocenters. The van der Waals surface area contributed by atoms with Crippen molar-refractivity contribution in [1.82, 2.24) is 0 Å². The van der Waals surface area contributed by atoms with Crippen molar-refractivity contribution in [3.8, 4) is 0 Å². The fourth-order valence-electron chi connectivity index (χ4n) is 3.68. The van der Waals surface area contributed by atoms with Gasteiger partial charge < -0.3 is 5.32 Å². The van der Waals surface area contributed by atoms with Gasteiger partial charge in [0.25, 0.3) is 0 Å². The molecule has 0 aromatic heterocycles. The zero-order chi connectivity index (χ0) is 21.3. The quantitative estimate of drug-likeness (QED) is 0.234. The Labute approximate surface area is 179 Å². The maximum absolute atomic E-state index is 12.2. The SMILES string of the molecule is CCCCC/C=C\C/C=C\CCCCCCCC(=O)Nc1c(C)cc(C)cc1C. The molecule has 1 N–H and O–H groups in total. The zero-order valence-corrected chi connectivity index (χ0v) is 19.4. The van der Waals surface area contributed by atoms with Gasteiger partial charge in [-0.3, -0.25) is 4.79 Å². The third-order valence-corrected chi connectivity index (χ3v) is 5.30. The van der Waals surface area contributed by atoms with Gasteiger partial charge in [-0.25, -0.2) is 0 Å². The van der Waals surface area contributed by atoms with Crippen LogP contribution in [0.5, 0.6) is 0 Å². The summed E-state index contributed by atoms with van der Waals surface area (Å²) in [6.07, 6.45) is 23.1. The van der Waals surface area contributed by atoms with Crippen molar-refractivity contribution >= 4 is 11.6 Å². The standard InChI is InChI=1S/C27H43NO/c1-5-6-7-8-9-10-11-12-13-14-15-16-17-18-19-20-26(29)28-27-24(3)21-23(2)22-25(27)4/h9-10,12-13,21-22H,5-8,11,14-20H2,1-4H3,(H,28,29)/b10-9-,13-12-. The lowest BCUT2D eigenvalue weighted by Crippen LogP contribution is -2.13. The zero-order valence-electron chi connectivity index (χ0n) is 19.4. The second kappa shape index (κ2) is 16.0. The Morgan fingerprint density at radius 1 is 0.793 bits per heavy atom. The van der Waals surface area contributed by atoms with Crippen LogP contribution in [-0.2, 0) is 4.79 Å². The molecule has 1 aromatic rings. The Hall–Kier alpha value is -1.83. The van der Waals surface area contributed by atoms with Gasteiger partial charge in [0.05, 0.1) is 0 Å². The molecular formula is C27H43NO. The summed E-state index contributed by atoms with van der Waals surface area (Å²) < 4.78 is 0. The van der Waals surface area contributed by atoms with Crippen molar-refractivity contribution < 1.29 is 4.79 Å². The molecule has 0 radical (unpaired) electrons. The summed E-state index contributed by atoms with van der Waals surface area (Å²) in [5.74, 6) is 0.144. The van der Waals surface area contributed by atoms with Crippen LogP contribution in [0.15, 0.2) is 36.4 Å². The number of rotatable bonds is 15. The first-order valence-corrected chi connectivity index (χ1v) is 11.7. The summed E-state index contributed by atoms with van der Waals surface area (Å²) in [7, 11) is 0. The molecule has 2 heteroatoms. The molecule has 0 saturated heterocycles. The molecule has 162 valence electrons. The van der Waals surface area contributed by atoms with Crippen molar-refractivity contribution in [2.75, 3.05) is 5.32 Å². The lowest BCUT2D eigenvalue weighted by Gasteiger charge is -2.12. The Kier molecular flexibility index (Phi) is 13.9. The molecule has 0 aliphatic rings. The summed E-state index contributed by atoms with van der Waals surface area (Å²) in [5, 5.41) is 3.10. The number of benzene rings is 1. The normalized spacial score (nSPS) is 11.6. The highest BCUT2D eigenvalue weighted by molar-refractivity contribution is 5.92. The van der Waals surface area contributed by atoms with Crippen LogP contribution >= 0.6 is 0 Å². The van der Waals surface area contributed by atoms with Gasteiger partial charge in [0.1, 0.15) is 0 Å². The molecule has 0 aliphatic heterocycles. The highest BCUT2D eigenvalue weighted by Gasteiger charge is 2.08. The molecule has 0 bridgehead atoms. The predicted molar refractivity (Wildman–Crippen MR) is 129 cm³/mol. The Balaban J connectivity index is 2.02. The van der Waals surface area contributed by atoms with Crippen LogP contribution in [0.3, 0.4) is 0 Å². The van der Waals surface area contributed by atoms with E-state index in [1.807, 2.05) is 0 Å². The number of allylic oxidation sites excluding steroid dienone is 4. The number of unbranched alkanes of at least 4 members (excludes halogenated alkanes) is 8. The van der Waals surface area contributed by atoms with Gasteiger partial charge >= 0.3 is 0 Å².